The quantitative estimate of drug-likeness (QED) is 0.274. The van der Waals surface area contributed by atoms with Gasteiger partial charge >= 0.3 is 11.8 Å². The number of nitrogens with one attached hydrogen (secondary N) is 2. The first-order chi connectivity index (χ1) is 13.0. The molecule has 8 nitrogen and oxygen atoms in total. The third kappa shape index (κ3) is 6.10. The number of hydrazone groups is 1. The summed E-state index contributed by atoms with van der Waals surface area (Å²) in [6.07, 6.45) is 5.27. The number of amides is 2. The van der Waals surface area contributed by atoms with Gasteiger partial charge in [0.25, 0.3) is 0 Å². The summed E-state index contributed by atoms with van der Waals surface area (Å²) >= 11 is 0. The molecule has 1 heterocycles. The van der Waals surface area contributed by atoms with Crippen LogP contribution in [-0.4, -0.2) is 49.0 Å². The van der Waals surface area contributed by atoms with Crippen molar-refractivity contribution >= 4 is 18.0 Å². The van der Waals surface area contributed by atoms with Crippen LogP contribution in [0.4, 0.5) is 0 Å². The van der Waals surface area contributed by atoms with Gasteiger partial charge in [-0.15, -0.1) is 6.58 Å². The summed E-state index contributed by atoms with van der Waals surface area (Å²) in [4.78, 5) is 23.5. The van der Waals surface area contributed by atoms with Crippen molar-refractivity contribution in [2.45, 2.75) is 32.3 Å². The number of carbonyl (C=O) groups is 2. The Morgan fingerprint density at radius 1 is 1.44 bits per heavy atom. The molecule has 0 aliphatic carbocycles. The van der Waals surface area contributed by atoms with Crippen molar-refractivity contribution in [2.75, 3.05) is 19.8 Å². The van der Waals surface area contributed by atoms with Crippen LogP contribution in [-0.2, 0) is 20.7 Å². The topological polar surface area (TPSA) is 109 Å². The number of phenolic OH excluding ortho intramolecular Hbond substituents is 1. The smallest absolute Gasteiger partial charge is 0.329 e. The summed E-state index contributed by atoms with van der Waals surface area (Å²) < 4.78 is 10.8. The Hall–Kier alpha value is -2.87. The highest BCUT2D eigenvalue weighted by molar-refractivity contribution is 6.35. The van der Waals surface area contributed by atoms with Crippen LogP contribution in [0.5, 0.6) is 11.5 Å². The van der Waals surface area contributed by atoms with Crippen molar-refractivity contribution in [3.63, 3.8) is 0 Å². The number of allylic oxidation sites excluding steroid dienone is 1. The zero-order valence-electron chi connectivity index (χ0n) is 15.4. The van der Waals surface area contributed by atoms with Crippen LogP contribution in [0, 0.1) is 0 Å². The molecular weight excluding hydrogens is 350 g/mol. The van der Waals surface area contributed by atoms with Crippen molar-refractivity contribution in [1.29, 1.82) is 0 Å². The second-order valence-corrected chi connectivity index (χ2v) is 6.00. The Kier molecular flexibility index (Phi) is 7.81. The normalized spacial score (nSPS) is 16.3. The Morgan fingerprint density at radius 2 is 2.26 bits per heavy atom. The highest BCUT2D eigenvalue weighted by atomic mass is 16.5. The summed E-state index contributed by atoms with van der Waals surface area (Å²) in [6, 6.07) is 3.30. The minimum Gasteiger partial charge on any atom is -0.504 e. The number of carbonyl (C=O) groups excluding carboxylic acids is 2. The van der Waals surface area contributed by atoms with Crippen LogP contribution < -0.4 is 15.5 Å². The molecule has 1 aliphatic rings. The van der Waals surface area contributed by atoms with E-state index in [9.17, 15) is 14.7 Å². The Labute approximate surface area is 158 Å². The number of phenols is 1. The van der Waals surface area contributed by atoms with E-state index in [1.807, 2.05) is 6.92 Å². The maximum Gasteiger partial charge on any atom is 0.329 e. The number of ether oxygens (including phenoxy) is 2. The van der Waals surface area contributed by atoms with E-state index in [0.717, 1.165) is 12.8 Å². The van der Waals surface area contributed by atoms with Gasteiger partial charge in [-0.2, -0.15) is 5.10 Å². The molecule has 8 heteroatoms. The Bertz CT molecular complexity index is 712. The lowest BCUT2D eigenvalue weighted by Gasteiger charge is -2.11. The van der Waals surface area contributed by atoms with Crippen LogP contribution in [0.2, 0.25) is 0 Å². The predicted molar refractivity (Wildman–Crippen MR) is 101 cm³/mol. The van der Waals surface area contributed by atoms with Crippen LogP contribution >= 0.6 is 0 Å². The molecule has 1 aromatic carbocycles. The average molecular weight is 375 g/mol. The molecule has 0 bridgehead atoms. The molecule has 1 aliphatic heterocycles. The van der Waals surface area contributed by atoms with E-state index in [0.29, 0.717) is 43.1 Å². The van der Waals surface area contributed by atoms with Crippen molar-refractivity contribution in [1.82, 2.24) is 10.7 Å². The zero-order chi connectivity index (χ0) is 19.6. The molecular formula is C19H25N3O5. The molecule has 0 aromatic heterocycles. The molecule has 2 rings (SSSR count). The minimum absolute atomic E-state index is 0.0393. The molecule has 3 N–H and O–H groups in total. The van der Waals surface area contributed by atoms with Gasteiger partial charge in [-0.25, -0.2) is 5.43 Å². The molecule has 0 radical (unpaired) electrons. The maximum atomic E-state index is 11.8. The SMILES string of the molecule is C=CCc1cc(/C=N/NC(=O)C(=O)NC[C@@H]2CCCO2)cc(OCC)c1O. The molecule has 1 aromatic rings. The molecule has 2 amide bonds. The number of rotatable bonds is 8. The van der Waals surface area contributed by atoms with Gasteiger partial charge in [0.05, 0.1) is 18.9 Å². The number of nitrogens with zero attached hydrogens (tertiary/aromatic N) is 1. The average Bonchev–Trinajstić information content (AvgIpc) is 3.17. The number of hydrogen-bond acceptors (Lipinski definition) is 6. The van der Waals surface area contributed by atoms with Gasteiger partial charge in [0.15, 0.2) is 11.5 Å². The van der Waals surface area contributed by atoms with Crippen molar-refractivity contribution in [2.24, 2.45) is 5.10 Å². The summed E-state index contributed by atoms with van der Waals surface area (Å²) in [7, 11) is 0. The molecule has 27 heavy (non-hydrogen) atoms. The van der Waals surface area contributed by atoms with E-state index in [-0.39, 0.29) is 11.9 Å². The summed E-state index contributed by atoms with van der Waals surface area (Å²) in [5, 5.41) is 16.5. The standard InChI is InChI=1S/C19H25N3O5/c1-3-6-14-9-13(10-16(17(14)23)26-4-2)11-21-22-19(25)18(24)20-12-15-7-5-8-27-15/h3,9-11,15,23H,1,4-8,12H2,2H3,(H,20,24)(H,22,25)/b21-11+/t15-/m0/s1. The third-order valence-corrected chi connectivity index (χ3v) is 3.94. The van der Waals surface area contributed by atoms with E-state index < -0.39 is 11.8 Å². The van der Waals surface area contributed by atoms with E-state index in [1.54, 1.807) is 18.2 Å². The van der Waals surface area contributed by atoms with Crippen LogP contribution in [0.1, 0.15) is 30.9 Å². The third-order valence-electron chi connectivity index (χ3n) is 3.94. The van der Waals surface area contributed by atoms with Crippen molar-refractivity contribution in [3.05, 3.63) is 35.9 Å². The number of benzene rings is 1. The number of hydrogen-bond donors (Lipinski definition) is 3. The van der Waals surface area contributed by atoms with Crippen molar-refractivity contribution in [3.8, 4) is 11.5 Å². The van der Waals surface area contributed by atoms with Crippen molar-refractivity contribution < 1.29 is 24.2 Å². The first-order valence-corrected chi connectivity index (χ1v) is 8.87. The maximum absolute atomic E-state index is 11.8. The van der Waals surface area contributed by atoms with Gasteiger partial charge in [0.1, 0.15) is 0 Å². The fraction of sp³-hybridized carbons (Fsp3) is 0.421. The lowest BCUT2D eigenvalue weighted by atomic mass is 10.1. The second-order valence-electron chi connectivity index (χ2n) is 6.00. The zero-order valence-corrected chi connectivity index (χ0v) is 15.4. The summed E-state index contributed by atoms with van der Waals surface area (Å²) in [6.45, 7) is 6.84. The Morgan fingerprint density at radius 3 is 2.93 bits per heavy atom. The molecule has 0 unspecified atom stereocenters. The fourth-order valence-corrected chi connectivity index (χ4v) is 2.65. The lowest BCUT2D eigenvalue weighted by Crippen LogP contribution is -2.41. The van der Waals surface area contributed by atoms with Crippen LogP contribution in [0.25, 0.3) is 0 Å². The van der Waals surface area contributed by atoms with E-state index >= 15 is 0 Å². The first-order valence-electron chi connectivity index (χ1n) is 8.87. The largest absolute Gasteiger partial charge is 0.504 e. The molecule has 146 valence electrons. The molecule has 1 saturated heterocycles. The molecule has 0 saturated carbocycles. The van der Waals surface area contributed by atoms with Gasteiger partial charge in [-0.1, -0.05) is 6.08 Å². The first kappa shape index (κ1) is 20.4. The molecule has 0 spiro atoms. The van der Waals surface area contributed by atoms with E-state index in [1.165, 1.54) is 6.21 Å². The summed E-state index contributed by atoms with van der Waals surface area (Å²) in [5.41, 5.74) is 3.41. The summed E-state index contributed by atoms with van der Waals surface area (Å²) in [5.74, 6) is -1.26. The van der Waals surface area contributed by atoms with Gasteiger partial charge in [-0.05, 0) is 43.9 Å². The van der Waals surface area contributed by atoms with Gasteiger partial charge in [0.2, 0.25) is 0 Å². The van der Waals surface area contributed by atoms with Gasteiger partial charge in [-0.3, -0.25) is 9.59 Å². The van der Waals surface area contributed by atoms with Crippen LogP contribution in [0.3, 0.4) is 0 Å². The van der Waals surface area contributed by atoms with Gasteiger partial charge in [0, 0.05) is 18.7 Å². The predicted octanol–water partition coefficient (Wildman–Crippen LogP) is 1.26. The van der Waals surface area contributed by atoms with E-state index in [2.05, 4.69) is 22.4 Å². The highest BCUT2D eigenvalue weighted by Gasteiger charge is 2.19. The number of aromatic hydroxyl groups is 1. The monoisotopic (exact) mass is 375 g/mol. The highest BCUT2D eigenvalue weighted by Crippen LogP contribution is 2.31. The lowest BCUT2D eigenvalue weighted by molar-refractivity contribution is -0.139. The van der Waals surface area contributed by atoms with Crippen LogP contribution in [0.15, 0.2) is 29.9 Å². The molecule has 1 atom stereocenters. The minimum atomic E-state index is -0.862. The fourth-order valence-electron chi connectivity index (χ4n) is 2.65. The van der Waals surface area contributed by atoms with E-state index in [4.69, 9.17) is 9.47 Å². The molecule has 1 fully saturated rings. The second kappa shape index (κ2) is 10.3. The van der Waals surface area contributed by atoms with Gasteiger partial charge < -0.3 is 19.9 Å². The Balaban J connectivity index is 1.94.